The summed E-state index contributed by atoms with van der Waals surface area (Å²) in [5.74, 6) is 1.75. The first-order chi connectivity index (χ1) is 7.27. The third-order valence-electron chi connectivity index (χ3n) is 3.20. The van der Waals surface area contributed by atoms with Crippen molar-refractivity contribution in [2.24, 2.45) is 5.92 Å². The summed E-state index contributed by atoms with van der Waals surface area (Å²) < 4.78 is 2.00. The van der Waals surface area contributed by atoms with Crippen LogP contribution in [0.5, 0.6) is 0 Å². The van der Waals surface area contributed by atoms with Gasteiger partial charge in [-0.2, -0.15) is 0 Å². The smallest absolute Gasteiger partial charge is 0.168 e. The summed E-state index contributed by atoms with van der Waals surface area (Å²) in [5, 5.41) is 15.1. The minimum absolute atomic E-state index is 0.225. The molecule has 1 N–H and O–H groups in total. The molecule has 1 saturated carbocycles. The van der Waals surface area contributed by atoms with Gasteiger partial charge in [-0.3, -0.25) is 0 Å². The van der Waals surface area contributed by atoms with Gasteiger partial charge in [0, 0.05) is 0 Å². The van der Waals surface area contributed by atoms with Crippen LogP contribution in [0.1, 0.15) is 51.0 Å². The Morgan fingerprint density at radius 3 is 3.07 bits per heavy atom. The summed E-state index contributed by atoms with van der Waals surface area (Å²) in [5.41, 5.74) is 0. The molecule has 1 heterocycles. The molecule has 5 heteroatoms. The Balaban J connectivity index is 2.06. The summed E-state index contributed by atoms with van der Waals surface area (Å²) in [6.07, 6.45) is 3.78. The highest BCUT2D eigenvalue weighted by Crippen LogP contribution is 2.46. The Kier molecular flexibility index (Phi) is 3.00. The number of aromatic nitrogens is 4. The molecular formula is C10H19N5. The molecular weight excluding hydrogens is 190 g/mol. The average molecular weight is 209 g/mol. The van der Waals surface area contributed by atoms with Gasteiger partial charge >= 0.3 is 0 Å². The third kappa shape index (κ3) is 2.02. The molecule has 0 saturated heterocycles. The van der Waals surface area contributed by atoms with Crippen LogP contribution in [0.15, 0.2) is 0 Å². The van der Waals surface area contributed by atoms with E-state index < -0.39 is 0 Å². The largest absolute Gasteiger partial charge is 0.311 e. The summed E-state index contributed by atoms with van der Waals surface area (Å²) in [4.78, 5) is 0. The van der Waals surface area contributed by atoms with E-state index in [0.29, 0.717) is 6.04 Å². The molecule has 0 spiro atoms. The Morgan fingerprint density at radius 1 is 1.60 bits per heavy atom. The van der Waals surface area contributed by atoms with Crippen LogP contribution in [-0.4, -0.2) is 27.3 Å². The highest BCUT2D eigenvalue weighted by molar-refractivity contribution is 4.99. The lowest BCUT2D eigenvalue weighted by atomic mass is 10.2. The van der Waals surface area contributed by atoms with Gasteiger partial charge in [0.25, 0.3) is 0 Å². The topological polar surface area (TPSA) is 55.6 Å². The van der Waals surface area contributed by atoms with Crippen LogP contribution in [-0.2, 0) is 0 Å². The monoisotopic (exact) mass is 209 g/mol. The summed E-state index contributed by atoms with van der Waals surface area (Å²) in [7, 11) is 1.93. The molecule has 0 aromatic carbocycles. The molecule has 0 amide bonds. The molecule has 1 aliphatic carbocycles. The van der Waals surface area contributed by atoms with Gasteiger partial charge in [-0.1, -0.05) is 13.3 Å². The first-order valence-electron chi connectivity index (χ1n) is 5.73. The van der Waals surface area contributed by atoms with Crippen LogP contribution in [0.2, 0.25) is 0 Å². The first kappa shape index (κ1) is 10.5. The lowest BCUT2D eigenvalue weighted by Crippen LogP contribution is -2.18. The van der Waals surface area contributed by atoms with E-state index in [9.17, 15) is 0 Å². The maximum atomic E-state index is 4.10. The maximum absolute atomic E-state index is 4.10. The van der Waals surface area contributed by atoms with Crippen molar-refractivity contribution in [2.75, 3.05) is 7.05 Å². The van der Waals surface area contributed by atoms with Crippen molar-refractivity contribution in [1.29, 1.82) is 0 Å². The molecule has 3 unspecified atom stereocenters. The zero-order valence-corrected chi connectivity index (χ0v) is 9.64. The van der Waals surface area contributed by atoms with Crippen molar-refractivity contribution in [3.63, 3.8) is 0 Å². The van der Waals surface area contributed by atoms with Crippen molar-refractivity contribution < 1.29 is 0 Å². The highest BCUT2D eigenvalue weighted by Gasteiger charge is 2.40. The fourth-order valence-electron chi connectivity index (χ4n) is 2.06. The minimum Gasteiger partial charge on any atom is -0.311 e. The minimum atomic E-state index is 0.225. The van der Waals surface area contributed by atoms with Gasteiger partial charge in [0.1, 0.15) is 0 Å². The normalized spacial score (nSPS) is 26.6. The SMILES string of the molecule is CCCC1CC1n1nnnc1C(C)NC. The fraction of sp³-hybridized carbons (Fsp3) is 0.900. The van der Waals surface area contributed by atoms with E-state index in [4.69, 9.17) is 0 Å². The highest BCUT2D eigenvalue weighted by atomic mass is 15.6. The van der Waals surface area contributed by atoms with Crippen molar-refractivity contribution in [2.45, 2.75) is 45.2 Å². The van der Waals surface area contributed by atoms with Crippen molar-refractivity contribution >= 4 is 0 Å². The molecule has 1 aromatic rings. The van der Waals surface area contributed by atoms with Gasteiger partial charge in [-0.15, -0.1) is 5.10 Å². The van der Waals surface area contributed by atoms with Crippen LogP contribution in [0, 0.1) is 5.92 Å². The second-order valence-electron chi connectivity index (χ2n) is 4.34. The van der Waals surface area contributed by atoms with Crippen LogP contribution in [0.4, 0.5) is 0 Å². The molecule has 1 aliphatic rings. The van der Waals surface area contributed by atoms with E-state index in [0.717, 1.165) is 11.7 Å². The van der Waals surface area contributed by atoms with Crippen LogP contribution in [0.3, 0.4) is 0 Å². The molecule has 15 heavy (non-hydrogen) atoms. The molecule has 0 aliphatic heterocycles. The zero-order valence-electron chi connectivity index (χ0n) is 9.64. The maximum Gasteiger partial charge on any atom is 0.168 e. The van der Waals surface area contributed by atoms with Crippen molar-refractivity contribution in [3.05, 3.63) is 5.82 Å². The Morgan fingerprint density at radius 2 is 2.40 bits per heavy atom. The van der Waals surface area contributed by atoms with Gasteiger partial charge in [-0.25, -0.2) is 4.68 Å². The molecule has 0 bridgehead atoms. The first-order valence-corrected chi connectivity index (χ1v) is 5.73. The lowest BCUT2D eigenvalue weighted by molar-refractivity contribution is 0.490. The molecule has 2 rings (SSSR count). The van der Waals surface area contributed by atoms with Crippen molar-refractivity contribution in [3.8, 4) is 0 Å². The summed E-state index contributed by atoms with van der Waals surface area (Å²) in [6.45, 7) is 4.31. The number of hydrogen-bond acceptors (Lipinski definition) is 4. The summed E-state index contributed by atoms with van der Waals surface area (Å²) in [6, 6.07) is 0.772. The van der Waals surface area contributed by atoms with Crippen LogP contribution >= 0.6 is 0 Å². The molecule has 3 atom stereocenters. The third-order valence-corrected chi connectivity index (χ3v) is 3.20. The quantitative estimate of drug-likeness (QED) is 0.794. The van der Waals surface area contributed by atoms with E-state index in [-0.39, 0.29) is 6.04 Å². The predicted octanol–water partition coefficient (Wildman–Crippen LogP) is 1.31. The number of hydrogen-bond donors (Lipinski definition) is 1. The molecule has 5 nitrogen and oxygen atoms in total. The average Bonchev–Trinajstić information content (AvgIpc) is 2.83. The summed E-state index contributed by atoms with van der Waals surface area (Å²) >= 11 is 0. The van der Waals surface area contributed by atoms with E-state index in [1.165, 1.54) is 19.3 Å². The van der Waals surface area contributed by atoms with Gasteiger partial charge in [0.15, 0.2) is 5.82 Å². The molecule has 1 fully saturated rings. The number of nitrogens with one attached hydrogen (secondary N) is 1. The molecule has 0 radical (unpaired) electrons. The molecule has 1 aromatic heterocycles. The van der Waals surface area contributed by atoms with E-state index >= 15 is 0 Å². The van der Waals surface area contributed by atoms with Gasteiger partial charge < -0.3 is 5.32 Å². The Hall–Kier alpha value is -0.970. The Bertz CT molecular complexity index is 321. The standard InChI is InChI=1S/C10H19N5/c1-4-5-8-6-9(8)15-10(7(2)11-3)12-13-14-15/h7-9,11H,4-6H2,1-3H3. The fourth-order valence-corrected chi connectivity index (χ4v) is 2.06. The predicted molar refractivity (Wildman–Crippen MR) is 57.3 cm³/mol. The second kappa shape index (κ2) is 4.26. The van der Waals surface area contributed by atoms with Crippen LogP contribution in [0.25, 0.3) is 0 Å². The van der Waals surface area contributed by atoms with Crippen LogP contribution < -0.4 is 5.32 Å². The van der Waals surface area contributed by atoms with E-state index in [2.05, 4.69) is 34.7 Å². The number of nitrogens with zero attached hydrogens (tertiary/aromatic N) is 4. The zero-order chi connectivity index (χ0) is 10.8. The van der Waals surface area contributed by atoms with Gasteiger partial charge in [0.2, 0.25) is 0 Å². The van der Waals surface area contributed by atoms with Gasteiger partial charge in [-0.05, 0) is 43.2 Å². The lowest BCUT2D eigenvalue weighted by Gasteiger charge is -2.09. The number of rotatable bonds is 5. The van der Waals surface area contributed by atoms with Gasteiger partial charge in [0.05, 0.1) is 12.1 Å². The van der Waals surface area contributed by atoms with Crippen molar-refractivity contribution in [1.82, 2.24) is 25.5 Å². The second-order valence-corrected chi connectivity index (χ2v) is 4.34. The number of tetrazole rings is 1. The molecule has 84 valence electrons. The van der Waals surface area contributed by atoms with E-state index in [1.807, 2.05) is 11.7 Å². The van der Waals surface area contributed by atoms with E-state index in [1.54, 1.807) is 0 Å². The Labute approximate surface area is 90.2 Å².